The van der Waals surface area contributed by atoms with Gasteiger partial charge < -0.3 is 15.7 Å². The highest BCUT2D eigenvalue weighted by atomic mass is 32.1. The van der Waals surface area contributed by atoms with Gasteiger partial charge in [-0.2, -0.15) is 0 Å². The number of carbonyl (C=O) groups is 1. The van der Waals surface area contributed by atoms with Crippen molar-refractivity contribution in [1.29, 1.82) is 0 Å². The maximum atomic E-state index is 13.0. The van der Waals surface area contributed by atoms with Crippen LogP contribution >= 0.6 is 11.3 Å². The summed E-state index contributed by atoms with van der Waals surface area (Å²) in [6, 6.07) is 5.70. The number of amides is 1. The summed E-state index contributed by atoms with van der Waals surface area (Å²) in [5.41, 5.74) is 1.55. The Labute approximate surface area is 131 Å². The Bertz CT molecular complexity index is 687. The molecule has 0 bridgehead atoms. The second-order valence-electron chi connectivity index (χ2n) is 5.27. The van der Waals surface area contributed by atoms with Gasteiger partial charge in [-0.1, -0.05) is 0 Å². The number of aromatic nitrogens is 1. The maximum Gasteiger partial charge on any atom is 0.243 e. The van der Waals surface area contributed by atoms with E-state index in [1.54, 1.807) is 12.1 Å². The summed E-state index contributed by atoms with van der Waals surface area (Å²) >= 11 is 1.37. The third kappa shape index (κ3) is 3.16. The van der Waals surface area contributed by atoms with Gasteiger partial charge in [0, 0.05) is 17.0 Å². The van der Waals surface area contributed by atoms with Gasteiger partial charge in [-0.15, -0.1) is 11.3 Å². The monoisotopic (exact) mass is 321 g/mol. The van der Waals surface area contributed by atoms with Crippen molar-refractivity contribution in [3.63, 3.8) is 0 Å². The number of nitrogens with one attached hydrogen (secondary N) is 2. The van der Waals surface area contributed by atoms with Crippen molar-refractivity contribution in [2.75, 3.05) is 11.9 Å². The molecular formula is C15H16FN3O2S. The van der Waals surface area contributed by atoms with Crippen LogP contribution in [0, 0.1) is 12.7 Å². The lowest BCUT2D eigenvalue weighted by atomic mass is 10.1. The van der Waals surface area contributed by atoms with Gasteiger partial charge in [0.1, 0.15) is 5.82 Å². The van der Waals surface area contributed by atoms with Crippen molar-refractivity contribution in [2.45, 2.75) is 25.5 Å². The summed E-state index contributed by atoms with van der Waals surface area (Å²) in [7, 11) is 0. The van der Waals surface area contributed by atoms with Crippen molar-refractivity contribution >= 4 is 22.4 Å². The molecule has 0 saturated carbocycles. The summed E-state index contributed by atoms with van der Waals surface area (Å²) in [4.78, 5) is 17.5. The zero-order chi connectivity index (χ0) is 15.7. The normalized spacial score (nSPS) is 21.0. The molecule has 0 aliphatic carbocycles. The molecule has 1 aliphatic heterocycles. The number of rotatable bonds is 3. The van der Waals surface area contributed by atoms with Crippen LogP contribution in [0.25, 0.3) is 11.3 Å². The molecule has 3 rings (SSSR count). The van der Waals surface area contributed by atoms with Gasteiger partial charge in [0.2, 0.25) is 5.91 Å². The molecule has 1 aromatic carbocycles. The van der Waals surface area contributed by atoms with E-state index in [1.807, 2.05) is 6.92 Å². The summed E-state index contributed by atoms with van der Waals surface area (Å²) in [5, 5.41) is 15.7. The molecular weight excluding hydrogens is 305 g/mol. The van der Waals surface area contributed by atoms with Crippen LogP contribution in [-0.4, -0.2) is 34.7 Å². The van der Waals surface area contributed by atoms with Crippen molar-refractivity contribution in [1.82, 2.24) is 10.3 Å². The number of aliphatic hydroxyl groups excluding tert-OH is 1. The van der Waals surface area contributed by atoms with Crippen LogP contribution in [0.4, 0.5) is 9.52 Å². The molecule has 3 N–H and O–H groups in total. The molecule has 1 amide bonds. The zero-order valence-electron chi connectivity index (χ0n) is 12.0. The lowest BCUT2D eigenvalue weighted by molar-refractivity contribution is -0.117. The van der Waals surface area contributed by atoms with Crippen LogP contribution in [0.15, 0.2) is 24.3 Å². The van der Waals surface area contributed by atoms with E-state index in [9.17, 15) is 14.3 Å². The first-order chi connectivity index (χ1) is 10.5. The lowest BCUT2D eigenvalue weighted by Gasteiger charge is -2.08. The standard InChI is InChI=1S/C15H16FN3O2S/c1-8-13(9-2-4-10(16)5-3-9)18-15(22-8)19-14(21)12-6-11(20)7-17-12/h2-5,11-12,17,20H,6-7H2,1H3,(H,18,19,21)/t11-,12+/m1/s1. The largest absolute Gasteiger partial charge is 0.392 e. The van der Waals surface area contributed by atoms with Gasteiger partial charge in [-0.05, 0) is 37.6 Å². The third-order valence-corrected chi connectivity index (χ3v) is 4.45. The fourth-order valence-corrected chi connectivity index (χ4v) is 3.27. The van der Waals surface area contributed by atoms with E-state index < -0.39 is 12.1 Å². The second kappa shape index (κ2) is 6.12. The molecule has 1 aromatic heterocycles. The average molecular weight is 321 g/mol. The summed E-state index contributed by atoms with van der Waals surface area (Å²) in [5.74, 6) is -0.494. The van der Waals surface area contributed by atoms with Gasteiger partial charge >= 0.3 is 0 Å². The SMILES string of the molecule is Cc1sc(NC(=O)[C@@H]2C[C@@H](O)CN2)nc1-c1ccc(F)cc1. The molecule has 116 valence electrons. The fourth-order valence-electron chi connectivity index (χ4n) is 2.43. The molecule has 1 aliphatic rings. The maximum absolute atomic E-state index is 13.0. The van der Waals surface area contributed by atoms with Crippen LogP contribution in [0.3, 0.4) is 0 Å². The Balaban J connectivity index is 1.75. The number of carbonyl (C=O) groups excluding carboxylic acids is 1. The molecule has 1 fully saturated rings. The van der Waals surface area contributed by atoms with Crippen molar-refractivity contribution < 1.29 is 14.3 Å². The third-order valence-electron chi connectivity index (χ3n) is 3.57. The van der Waals surface area contributed by atoms with Gasteiger partial charge in [-0.25, -0.2) is 9.37 Å². The van der Waals surface area contributed by atoms with E-state index in [4.69, 9.17) is 0 Å². The van der Waals surface area contributed by atoms with Gasteiger partial charge in [-0.3, -0.25) is 4.79 Å². The van der Waals surface area contributed by atoms with Crippen LogP contribution in [0.1, 0.15) is 11.3 Å². The Kier molecular flexibility index (Phi) is 4.19. The average Bonchev–Trinajstić information content (AvgIpc) is 3.06. The summed E-state index contributed by atoms with van der Waals surface area (Å²) in [6.07, 6.45) is -0.0790. The van der Waals surface area contributed by atoms with Gasteiger partial charge in [0.25, 0.3) is 0 Å². The number of benzene rings is 1. The van der Waals surface area contributed by atoms with E-state index in [2.05, 4.69) is 15.6 Å². The first-order valence-electron chi connectivity index (χ1n) is 6.98. The Morgan fingerprint density at radius 3 is 2.82 bits per heavy atom. The van der Waals surface area contributed by atoms with E-state index in [0.29, 0.717) is 18.1 Å². The highest BCUT2D eigenvalue weighted by Gasteiger charge is 2.28. The lowest BCUT2D eigenvalue weighted by Crippen LogP contribution is -2.35. The second-order valence-corrected chi connectivity index (χ2v) is 6.47. The predicted octanol–water partition coefficient (Wildman–Crippen LogP) is 1.92. The topological polar surface area (TPSA) is 74.2 Å². The minimum atomic E-state index is -0.483. The summed E-state index contributed by atoms with van der Waals surface area (Å²) < 4.78 is 13.0. The number of thiazole rings is 1. The molecule has 0 spiro atoms. The van der Waals surface area contributed by atoms with Crippen molar-refractivity contribution in [2.24, 2.45) is 0 Å². The minimum Gasteiger partial charge on any atom is -0.392 e. The first-order valence-corrected chi connectivity index (χ1v) is 7.80. The van der Waals surface area contributed by atoms with Crippen LogP contribution in [-0.2, 0) is 4.79 Å². The smallest absolute Gasteiger partial charge is 0.243 e. The van der Waals surface area contributed by atoms with Crippen LogP contribution in [0.2, 0.25) is 0 Å². The molecule has 22 heavy (non-hydrogen) atoms. The summed E-state index contributed by atoms with van der Waals surface area (Å²) in [6.45, 7) is 2.33. The minimum absolute atomic E-state index is 0.198. The molecule has 1 saturated heterocycles. The number of β-amino-alcohol motifs (C(OH)–C–C–N with tert-alkyl or cyclic N) is 1. The number of anilines is 1. The van der Waals surface area contributed by atoms with Crippen molar-refractivity contribution in [3.8, 4) is 11.3 Å². The molecule has 0 radical (unpaired) electrons. The predicted molar refractivity (Wildman–Crippen MR) is 83.3 cm³/mol. The zero-order valence-corrected chi connectivity index (χ0v) is 12.8. The van der Waals surface area contributed by atoms with Crippen LogP contribution in [0.5, 0.6) is 0 Å². The number of aryl methyl sites for hydroxylation is 1. The molecule has 2 heterocycles. The van der Waals surface area contributed by atoms with E-state index in [-0.39, 0.29) is 11.7 Å². The Hall–Kier alpha value is -1.83. The molecule has 7 heteroatoms. The number of hydrogen-bond acceptors (Lipinski definition) is 5. The number of hydrogen-bond donors (Lipinski definition) is 3. The number of aliphatic hydroxyl groups is 1. The van der Waals surface area contributed by atoms with Crippen LogP contribution < -0.4 is 10.6 Å². The Morgan fingerprint density at radius 1 is 1.45 bits per heavy atom. The fraction of sp³-hybridized carbons (Fsp3) is 0.333. The van der Waals surface area contributed by atoms with E-state index >= 15 is 0 Å². The molecule has 5 nitrogen and oxygen atoms in total. The van der Waals surface area contributed by atoms with E-state index in [1.165, 1.54) is 23.5 Å². The quantitative estimate of drug-likeness (QED) is 0.807. The molecule has 2 atom stereocenters. The van der Waals surface area contributed by atoms with Gasteiger partial charge in [0.15, 0.2) is 5.13 Å². The van der Waals surface area contributed by atoms with Gasteiger partial charge in [0.05, 0.1) is 17.8 Å². The number of nitrogens with zero attached hydrogens (tertiary/aromatic N) is 1. The van der Waals surface area contributed by atoms with E-state index in [0.717, 1.165) is 16.1 Å². The highest BCUT2D eigenvalue weighted by molar-refractivity contribution is 7.16. The van der Waals surface area contributed by atoms with Crippen molar-refractivity contribution in [3.05, 3.63) is 35.0 Å². The number of halogens is 1. The molecule has 2 aromatic rings. The first kappa shape index (κ1) is 15.1. The Morgan fingerprint density at radius 2 is 2.18 bits per heavy atom. The highest BCUT2D eigenvalue weighted by Crippen LogP contribution is 2.30. The molecule has 0 unspecified atom stereocenters.